The van der Waals surface area contributed by atoms with Crippen molar-refractivity contribution < 1.29 is 9.53 Å². The predicted octanol–water partition coefficient (Wildman–Crippen LogP) is 5.38. The maximum Gasteiger partial charge on any atom is 0.195 e. The first kappa shape index (κ1) is 16.8. The fourth-order valence-corrected chi connectivity index (χ4v) is 4.34. The summed E-state index contributed by atoms with van der Waals surface area (Å²) >= 11 is 1.63. The minimum atomic E-state index is 0.595. The molecule has 4 nitrogen and oxygen atoms in total. The van der Waals surface area contributed by atoms with Crippen molar-refractivity contribution in [2.45, 2.75) is 26.2 Å². The van der Waals surface area contributed by atoms with Crippen molar-refractivity contribution in [1.82, 2.24) is 9.38 Å². The molecule has 0 unspecified atom stereocenters. The van der Waals surface area contributed by atoms with Crippen LogP contribution in [0.2, 0.25) is 0 Å². The maximum absolute atomic E-state index is 11.9. The van der Waals surface area contributed by atoms with Gasteiger partial charge in [0.15, 0.2) is 11.2 Å². The molecule has 0 aliphatic carbocycles. The molecule has 0 N–H and O–H groups in total. The monoisotopic (exact) mass is 364 g/mol. The Bertz CT molecular complexity index is 1080. The summed E-state index contributed by atoms with van der Waals surface area (Å²) in [5.41, 5.74) is 4.60. The molecule has 132 valence electrons. The van der Waals surface area contributed by atoms with E-state index < -0.39 is 0 Å². The molecule has 0 atom stereocenters. The molecule has 2 aromatic heterocycles. The standard InChI is InChI=1S/C21H20N2O2S/c1-3-4-5-14-6-11-17-19(12-14)26-21-22-20(18(13-24)23(17)21)15-7-9-16(25-2)10-8-15/h6-13H,3-5H2,1-2H3. The molecule has 2 aromatic carbocycles. The molecule has 0 spiro atoms. The number of aryl methyl sites for hydroxylation is 1. The number of hydrogen-bond acceptors (Lipinski definition) is 4. The average molecular weight is 364 g/mol. The van der Waals surface area contributed by atoms with Crippen LogP contribution in [-0.2, 0) is 6.42 Å². The fourth-order valence-electron chi connectivity index (χ4n) is 3.24. The lowest BCUT2D eigenvalue weighted by Gasteiger charge is -2.03. The highest BCUT2D eigenvalue weighted by molar-refractivity contribution is 7.23. The summed E-state index contributed by atoms with van der Waals surface area (Å²) in [6, 6.07) is 14.1. The van der Waals surface area contributed by atoms with Gasteiger partial charge in [0.2, 0.25) is 0 Å². The van der Waals surface area contributed by atoms with Crippen LogP contribution in [0.15, 0.2) is 42.5 Å². The van der Waals surface area contributed by atoms with E-state index in [1.165, 1.54) is 23.1 Å². The minimum absolute atomic E-state index is 0.595. The first-order valence-electron chi connectivity index (χ1n) is 8.78. The van der Waals surface area contributed by atoms with E-state index in [1.807, 2.05) is 28.7 Å². The van der Waals surface area contributed by atoms with Crippen molar-refractivity contribution in [1.29, 1.82) is 0 Å². The number of rotatable bonds is 6. The van der Waals surface area contributed by atoms with Gasteiger partial charge in [-0.3, -0.25) is 9.20 Å². The molecule has 0 saturated carbocycles. The van der Waals surface area contributed by atoms with Gasteiger partial charge in [-0.05, 0) is 54.8 Å². The quantitative estimate of drug-likeness (QED) is 0.431. The molecule has 0 fully saturated rings. The van der Waals surface area contributed by atoms with Crippen LogP contribution < -0.4 is 4.74 Å². The van der Waals surface area contributed by atoms with Gasteiger partial charge in [0, 0.05) is 5.56 Å². The van der Waals surface area contributed by atoms with Crippen LogP contribution in [0, 0.1) is 0 Å². The largest absolute Gasteiger partial charge is 0.497 e. The molecule has 0 saturated heterocycles. The zero-order chi connectivity index (χ0) is 18.1. The summed E-state index contributed by atoms with van der Waals surface area (Å²) in [5.74, 6) is 0.785. The Morgan fingerprint density at radius 3 is 2.69 bits per heavy atom. The van der Waals surface area contributed by atoms with Gasteiger partial charge in [0.05, 0.1) is 17.3 Å². The van der Waals surface area contributed by atoms with Crippen molar-refractivity contribution in [3.8, 4) is 17.0 Å². The van der Waals surface area contributed by atoms with Gasteiger partial charge in [-0.25, -0.2) is 4.98 Å². The number of aromatic nitrogens is 2. The SMILES string of the molecule is CCCCc1ccc2c(c1)sc1nc(-c3ccc(OC)cc3)c(C=O)n12. The Labute approximate surface area is 156 Å². The Hall–Kier alpha value is -2.66. The highest BCUT2D eigenvalue weighted by atomic mass is 32.1. The lowest BCUT2D eigenvalue weighted by molar-refractivity contribution is 0.111. The third kappa shape index (κ3) is 2.78. The molecule has 5 heteroatoms. The van der Waals surface area contributed by atoms with E-state index in [0.717, 1.165) is 34.5 Å². The number of carbonyl (C=O) groups excluding carboxylic acids is 1. The van der Waals surface area contributed by atoms with Gasteiger partial charge in [-0.2, -0.15) is 0 Å². The Balaban J connectivity index is 1.84. The molecule has 4 rings (SSSR count). The van der Waals surface area contributed by atoms with Crippen LogP contribution in [0.3, 0.4) is 0 Å². The number of benzene rings is 2. The maximum atomic E-state index is 11.9. The van der Waals surface area contributed by atoms with Crippen molar-refractivity contribution in [2.24, 2.45) is 0 Å². The molecule has 2 heterocycles. The van der Waals surface area contributed by atoms with Crippen molar-refractivity contribution in [3.05, 3.63) is 53.7 Å². The van der Waals surface area contributed by atoms with Gasteiger partial charge in [0.25, 0.3) is 0 Å². The van der Waals surface area contributed by atoms with E-state index in [0.29, 0.717) is 11.4 Å². The van der Waals surface area contributed by atoms with E-state index >= 15 is 0 Å². The van der Waals surface area contributed by atoms with Crippen molar-refractivity contribution >= 4 is 32.8 Å². The van der Waals surface area contributed by atoms with E-state index in [-0.39, 0.29) is 0 Å². The number of unbranched alkanes of at least 4 members (excludes halogenated alkanes) is 1. The van der Waals surface area contributed by atoms with Gasteiger partial charge in [-0.1, -0.05) is 30.7 Å². The number of hydrogen-bond donors (Lipinski definition) is 0. The topological polar surface area (TPSA) is 43.6 Å². The summed E-state index contributed by atoms with van der Waals surface area (Å²) in [7, 11) is 1.64. The molecular formula is C21H20N2O2S. The molecule has 0 bridgehead atoms. The highest BCUT2D eigenvalue weighted by Gasteiger charge is 2.18. The summed E-state index contributed by atoms with van der Waals surface area (Å²) in [5, 5.41) is 0. The summed E-state index contributed by atoms with van der Waals surface area (Å²) in [6.45, 7) is 2.20. The number of thiazole rings is 1. The van der Waals surface area contributed by atoms with Gasteiger partial charge in [0.1, 0.15) is 17.1 Å². The summed E-state index contributed by atoms with van der Waals surface area (Å²) < 4.78 is 8.35. The van der Waals surface area contributed by atoms with Gasteiger partial charge in [-0.15, -0.1) is 0 Å². The molecule has 0 amide bonds. The molecular weight excluding hydrogens is 344 g/mol. The predicted molar refractivity (Wildman–Crippen MR) is 107 cm³/mol. The average Bonchev–Trinajstić information content (AvgIpc) is 3.21. The van der Waals surface area contributed by atoms with Gasteiger partial charge < -0.3 is 4.74 Å². The molecule has 26 heavy (non-hydrogen) atoms. The second-order valence-corrected chi connectivity index (χ2v) is 7.33. The molecule has 4 aromatic rings. The number of aldehydes is 1. The van der Waals surface area contributed by atoms with Crippen molar-refractivity contribution in [3.63, 3.8) is 0 Å². The number of carbonyl (C=O) groups is 1. The highest BCUT2D eigenvalue weighted by Crippen LogP contribution is 2.33. The molecule has 0 aliphatic rings. The second kappa shape index (κ2) is 6.92. The lowest BCUT2D eigenvalue weighted by atomic mass is 10.1. The second-order valence-electron chi connectivity index (χ2n) is 6.32. The first-order valence-corrected chi connectivity index (χ1v) is 9.60. The minimum Gasteiger partial charge on any atom is -0.497 e. The number of nitrogens with zero attached hydrogens (tertiary/aromatic N) is 2. The smallest absolute Gasteiger partial charge is 0.195 e. The first-order chi connectivity index (χ1) is 12.7. The summed E-state index contributed by atoms with van der Waals surface area (Å²) in [6.07, 6.45) is 4.36. The Kier molecular flexibility index (Phi) is 4.47. The Morgan fingerprint density at radius 2 is 2.00 bits per heavy atom. The van der Waals surface area contributed by atoms with Crippen LogP contribution in [0.25, 0.3) is 26.4 Å². The van der Waals surface area contributed by atoms with E-state index in [4.69, 9.17) is 9.72 Å². The lowest BCUT2D eigenvalue weighted by Crippen LogP contribution is -1.92. The van der Waals surface area contributed by atoms with E-state index in [2.05, 4.69) is 25.1 Å². The molecule has 0 aliphatic heterocycles. The van der Waals surface area contributed by atoms with Crippen LogP contribution in [-0.4, -0.2) is 22.8 Å². The number of imidazole rings is 1. The zero-order valence-corrected chi connectivity index (χ0v) is 15.7. The third-order valence-corrected chi connectivity index (χ3v) is 5.65. The van der Waals surface area contributed by atoms with Crippen LogP contribution >= 0.6 is 11.3 Å². The third-order valence-electron chi connectivity index (χ3n) is 4.64. The fraction of sp³-hybridized carbons (Fsp3) is 0.238. The van der Waals surface area contributed by atoms with E-state index in [9.17, 15) is 4.79 Å². The number of methoxy groups -OCH3 is 1. The van der Waals surface area contributed by atoms with Crippen LogP contribution in [0.1, 0.15) is 35.8 Å². The Morgan fingerprint density at radius 1 is 1.19 bits per heavy atom. The number of ether oxygens (including phenoxy) is 1. The van der Waals surface area contributed by atoms with E-state index in [1.54, 1.807) is 18.4 Å². The number of fused-ring (bicyclic) bond motifs is 3. The van der Waals surface area contributed by atoms with Crippen LogP contribution in [0.5, 0.6) is 5.75 Å². The normalized spacial score (nSPS) is 11.3. The van der Waals surface area contributed by atoms with Crippen LogP contribution in [0.4, 0.5) is 0 Å². The molecule has 0 radical (unpaired) electrons. The van der Waals surface area contributed by atoms with Crippen molar-refractivity contribution in [2.75, 3.05) is 7.11 Å². The summed E-state index contributed by atoms with van der Waals surface area (Å²) in [4.78, 5) is 17.5. The zero-order valence-electron chi connectivity index (χ0n) is 14.9. The van der Waals surface area contributed by atoms with Gasteiger partial charge >= 0.3 is 0 Å².